The van der Waals surface area contributed by atoms with Gasteiger partial charge in [0.25, 0.3) is 0 Å². The van der Waals surface area contributed by atoms with E-state index in [0.717, 1.165) is 5.56 Å². The number of aryl methyl sites for hydroxylation is 1. The number of thioether (sulfide) groups is 1. The van der Waals surface area contributed by atoms with Crippen molar-refractivity contribution in [2.24, 2.45) is 0 Å². The fourth-order valence-corrected chi connectivity index (χ4v) is 3.31. The number of halogens is 2. The van der Waals surface area contributed by atoms with E-state index in [1.807, 2.05) is 13.0 Å². The van der Waals surface area contributed by atoms with E-state index in [1.54, 1.807) is 38.1 Å². The molecule has 1 N–H and O–H groups in total. The summed E-state index contributed by atoms with van der Waals surface area (Å²) < 4.78 is 18.9. The van der Waals surface area contributed by atoms with Crippen molar-refractivity contribution in [3.8, 4) is 11.4 Å². The summed E-state index contributed by atoms with van der Waals surface area (Å²) in [6.07, 6.45) is 0. The van der Waals surface area contributed by atoms with Gasteiger partial charge in [-0.2, -0.15) is 4.98 Å². The summed E-state index contributed by atoms with van der Waals surface area (Å²) in [6, 6.07) is 10.2. The van der Waals surface area contributed by atoms with E-state index in [9.17, 15) is 9.18 Å². The van der Waals surface area contributed by atoms with Crippen LogP contribution in [-0.4, -0.2) is 21.3 Å². The molecule has 8 heteroatoms. The second-order valence-electron chi connectivity index (χ2n) is 6.33. The molecule has 1 atom stereocenters. The average Bonchev–Trinajstić information content (AvgIpc) is 3.14. The Morgan fingerprint density at radius 3 is 2.86 bits per heavy atom. The lowest BCUT2D eigenvalue weighted by Gasteiger charge is -2.13. The summed E-state index contributed by atoms with van der Waals surface area (Å²) in [5.41, 5.74) is 2.61. The van der Waals surface area contributed by atoms with Gasteiger partial charge in [-0.3, -0.25) is 4.79 Å². The fourth-order valence-electron chi connectivity index (χ4n) is 2.41. The van der Waals surface area contributed by atoms with Gasteiger partial charge in [-0.05, 0) is 50.1 Å². The zero-order valence-electron chi connectivity index (χ0n) is 15.6. The first-order chi connectivity index (χ1) is 13.3. The molecule has 0 spiro atoms. The number of hydrogen-bond acceptors (Lipinski definition) is 5. The van der Waals surface area contributed by atoms with Crippen LogP contribution in [0.5, 0.6) is 0 Å². The maximum Gasteiger partial charge on any atom is 0.237 e. The highest BCUT2D eigenvalue weighted by Gasteiger charge is 2.17. The first-order valence-corrected chi connectivity index (χ1v) is 10.0. The molecule has 3 rings (SSSR count). The molecule has 146 valence electrons. The van der Waals surface area contributed by atoms with Crippen LogP contribution < -0.4 is 5.32 Å². The van der Waals surface area contributed by atoms with Gasteiger partial charge in [-0.1, -0.05) is 35.0 Å². The third kappa shape index (κ3) is 4.72. The van der Waals surface area contributed by atoms with Crippen LogP contribution in [0.25, 0.3) is 11.4 Å². The largest absolute Gasteiger partial charge is 0.338 e. The Kier molecular flexibility index (Phi) is 6.36. The maximum absolute atomic E-state index is 13.7. The van der Waals surface area contributed by atoms with E-state index in [-0.39, 0.29) is 17.0 Å². The van der Waals surface area contributed by atoms with Crippen LogP contribution >= 0.6 is 23.4 Å². The van der Waals surface area contributed by atoms with Crippen LogP contribution in [-0.2, 0) is 10.5 Å². The van der Waals surface area contributed by atoms with Crippen molar-refractivity contribution in [2.75, 3.05) is 5.32 Å². The first-order valence-electron chi connectivity index (χ1n) is 8.62. The number of benzene rings is 2. The topological polar surface area (TPSA) is 68.0 Å². The molecule has 0 saturated heterocycles. The van der Waals surface area contributed by atoms with Gasteiger partial charge in [-0.25, -0.2) is 4.39 Å². The molecular formula is C20H19ClFN3O2S. The number of anilines is 1. The van der Waals surface area contributed by atoms with Crippen molar-refractivity contribution < 1.29 is 13.7 Å². The minimum Gasteiger partial charge on any atom is -0.338 e. The van der Waals surface area contributed by atoms with E-state index < -0.39 is 0 Å². The molecule has 0 bridgehead atoms. The third-order valence-corrected chi connectivity index (χ3v) is 5.79. The van der Waals surface area contributed by atoms with Gasteiger partial charge in [0.1, 0.15) is 5.82 Å². The number of nitrogens with zero attached hydrogens (tertiary/aromatic N) is 2. The number of carbonyl (C=O) groups is 1. The smallest absolute Gasteiger partial charge is 0.237 e. The van der Waals surface area contributed by atoms with Gasteiger partial charge < -0.3 is 9.84 Å². The number of rotatable bonds is 6. The highest BCUT2D eigenvalue weighted by molar-refractivity contribution is 7.99. The highest BCUT2D eigenvalue weighted by Crippen LogP contribution is 2.25. The summed E-state index contributed by atoms with van der Waals surface area (Å²) in [7, 11) is 0. The molecule has 1 aromatic heterocycles. The van der Waals surface area contributed by atoms with E-state index in [1.165, 1.54) is 17.8 Å². The Hall–Kier alpha value is -2.38. The van der Waals surface area contributed by atoms with Crippen molar-refractivity contribution in [1.29, 1.82) is 0 Å². The number of amides is 1. The summed E-state index contributed by atoms with van der Waals surface area (Å²) in [6.45, 7) is 5.34. The Labute approximate surface area is 171 Å². The second-order valence-corrected chi connectivity index (χ2v) is 8.07. The molecule has 5 nitrogen and oxygen atoms in total. The Morgan fingerprint density at radius 2 is 2.11 bits per heavy atom. The predicted molar refractivity (Wildman–Crippen MR) is 110 cm³/mol. The lowest BCUT2D eigenvalue weighted by molar-refractivity contribution is -0.115. The third-order valence-electron chi connectivity index (χ3n) is 4.25. The monoisotopic (exact) mass is 419 g/mol. The molecular weight excluding hydrogens is 401 g/mol. The molecule has 0 aliphatic rings. The van der Waals surface area contributed by atoms with Crippen molar-refractivity contribution in [3.63, 3.8) is 0 Å². The minimum absolute atomic E-state index is 0.143. The van der Waals surface area contributed by atoms with E-state index in [0.29, 0.717) is 39.3 Å². The van der Waals surface area contributed by atoms with Crippen LogP contribution in [0, 0.1) is 19.7 Å². The van der Waals surface area contributed by atoms with Crippen LogP contribution in [0.15, 0.2) is 40.9 Å². The molecule has 0 aliphatic carbocycles. The summed E-state index contributed by atoms with van der Waals surface area (Å²) in [5, 5.41) is 7.02. The second kappa shape index (κ2) is 8.75. The SMILES string of the molecule is Cc1ccc(-c2noc(CSC(C)C(=O)Nc3cccc(Cl)c3C)n2)cc1F. The summed E-state index contributed by atoms with van der Waals surface area (Å²) in [5.74, 6) is 0.598. The van der Waals surface area contributed by atoms with Gasteiger partial charge in [0.15, 0.2) is 0 Å². The van der Waals surface area contributed by atoms with Gasteiger partial charge >= 0.3 is 0 Å². The molecule has 1 heterocycles. The van der Waals surface area contributed by atoms with Gasteiger partial charge in [0.05, 0.1) is 11.0 Å². The highest BCUT2D eigenvalue weighted by atomic mass is 35.5. The normalized spacial score (nSPS) is 12.0. The van der Waals surface area contributed by atoms with Crippen molar-refractivity contribution >= 4 is 35.0 Å². The molecule has 0 radical (unpaired) electrons. The standard InChI is InChI=1S/C20H19ClFN3O2S/c1-11-7-8-14(9-16(11)22)19-24-18(27-25-19)10-28-13(3)20(26)23-17-6-4-5-15(21)12(17)2/h4-9,13H,10H2,1-3H3,(H,23,26). The fraction of sp³-hybridized carbons (Fsp3) is 0.250. The van der Waals surface area contributed by atoms with E-state index in [2.05, 4.69) is 15.5 Å². The van der Waals surface area contributed by atoms with Crippen molar-refractivity contribution in [2.45, 2.75) is 31.8 Å². The van der Waals surface area contributed by atoms with Gasteiger partial charge in [0.2, 0.25) is 17.6 Å². The number of hydrogen-bond donors (Lipinski definition) is 1. The predicted octanol–water partition coefficient (Wildman–Crippen LogP) is 5.41. The molecule has 1 amide bonds. The zero-order valence-corrected chi connectivity index (χ0v) is 17.2. The Bertz CT molecular complexity index is 1010. The molecule has 3 aromatic rings. The van der Waals surface area contributed by atoms with Crippen LogP contribution in [0.3, 0.4) is 0 Å². The molecule has 0 fully saturated rings. The summed E-state index contributed by atoms with van der Waals surface area (Å²) >= 11 is 7.45. The Morgan fingerprint density at radius 1 is 1.32 bits per heavy atom. The number of carbonyl (C=O) groups excluding carboxylic acids is 1. The first kappa shape index (κ1) is 20.4. The van der Waals surface area contributed by atoms with Crippen LogP contribution in [0.4, 0.5) is 10.1 Å². The molecule has 2 aromatic carbocycles. The molecule has 28 heavy (non-hydrogen) atoms. The average molecular weight is 420 g/mol. The molecule has 0 saturated carbocycles. The van der Waals surface area contributed by atoms with E-state index in [4.69, 9.17) is 16.1 Å². The van der Waals surface area contributed by atoms with Gasteiger partial charge in [-0.15, -0.1) is 11.8 Å². The van der Waals surface area contributed by atoms with Crippen LogP contribution in [0.1, 0.15) is 23.9 Å². The van der Waals surface area contributed by atoms with Crippen molar-refractivity contribution in [1.82, 2.24) is 10.1 Å². The van der Waals surface area contributed by atoms with Gasteiger partial charge in [0, 0.05) is 16.3 Å². The van der Waals surface area contributed by atoms with E-state index >= 15 is 0 Å². The van der Waals surface area contributed by atoms with Crippen LogP contribution in [0.2, 0.25) is 5.02 Å². The lowest BCUT2D eigenvalue weighted by atomic mass is 10.1. The zero-order chi connectivity index (χ0) is 20.3. The summed E-state index contributed by atoms with van der Waals surface area (Å²) in [4.78, 5) is 16.7. The van der Waals surface area contributed by atoms with Crippen molar-refractivity contribution in [3.05, 3.63) is 64.3 Å². The number of aromatic nitrogens is 2. The minimum atomic E-state index is -0.342. The Balaban J connectivity index is 1.59. The quantitative estimate of drug-likeness (QED) is 0.578. The molecule has 0 aliphatic heterocycles. The maximum atomic E-state index is 13.7. The molecule has 1 unspecified atom stereocenters. The number of nitrogens with one attached hydrogen (secondary N) is 1. The lowest BCUT2D eigenvalue weighted by Crippen LogP contribution is -2.23.